The summed E-state index contributed by atoms with van der Waals surface area (Å²) in [5.41, 5.74) is 8.55. The highest BCUT2D eigenvalue weighted by atomic mass is 16.5. The van der Waals surface area contributed by atoms with Crippen LogP contribution in [0, 0.1) is 0 Å². The summed E-state index contributed by atoms with van der Waals surface area (Å²) < 4.78 is 4.95. The van der Waals surface area contributed by atoms with Gasteiger partial charge in [0.2, 0.25) is 0 Å². The normalized spacial score (nSPS) is 18.2. The van der Waals surface area contributed by atoms with E-state index >= 15 is 0 Å². The van der Waals surface area contributed by atoms with Gasteiger partial charge in [0.15, 0.2) is 0 Å². The summed E-state index contributed by atoms with van der Waals surface area (Å²) in [5.74, 6) is 0.0635. The number of nitrogens with zero attached hydrogens (tertiary/aromatic N) is 1. The van der Waals surface area contributed by atoms with Crippen LogP contribution in [0.4, 0.5) is 5.69 Å². The van der Waals surface area contributed by atoms with Gasteiger partial charge in [-0.2, -0.15) is 0 Å². The van der Waals surface area contributed by atoms with Gasteiger partial charge in [-0.3, -0.25) is 9.78 Å². The number of carbonyl (C=O) groups is 1. The fourth-order valence-electron chi connectivity index (χ4n) is 2.19. The average Bonchev–Trinajstić information content (AvgIpc) is 2.61. The van der Waals surface area contributed by atoms with Crippen molar-refractivity contribution in [3.05, 3.63) is 23.5 Å². The molecule has 0 aromatic carbocycles. The lowest BCUT2D eigenvalue weighted by molar-refractivity contribution is -0.143. The summed E-state index contributed by atoms with van der Waals surface area (Å²) >= 11 is 0. The van der Waals surface area contributed by atoms with Gasteiger partial charge in [-0.15, -0.1) is 0 Å². The van der Waals surface area contributed by atoms with Crippen molar-refractivity contribution in [2.75, 3.05) is 12.3 Å². The number of nitrogens with two attached hydrogens (primary N) is 1. The molecule has 0 aliphatic heterocycles. The summed E-state index contributed by atoms with van der Waals surface area (Å²) in [7, 11) is 0. The molecular formula is C12H16N2O2. The van der Waals surface area contributed by atoms with E-state index in [2.05, 4.69) is 4.98 Å². The maximum atomic E-state index is 11.4. The van der Waals surface area contributed by atoms with Crippen molar-refractivity contribution in [2.24, 2.45) is 0 Å². The lowest BCUT2D eigenvalue weighted by Crippen LogP contribution is -2.09. The van der Waals surface area contributed by atoms with Gasteiger partial charge in [0.1, 0.15) is 0 Å². The van der Waals surface area contributed by atoms with Crippen molar-refractivity contribution in [2.45, 2.75) is 32.1 Å². The van der Waals surface area contributed by atoms with Crippen LogP contribution < -0.4 is 5.73 Å². The zero-order chi connectivity index (χ0) is 11.5. The van der Waals surface area contributed by atoms with Crippen molar-refractivity contribution < 1.29 is 9.53 Å². The Balaban J connectivity index is 2.09. The first kappa shape index (κ1) is 10.9. The van der Waals surface area contributed by atoms with Crippen molar-refractivity contribution in [3.63, 3.8) is 0 Å². The number of carbonyl (C=O) groups excluding carboxylic acids is 1. The quantitative estimate of drug-likeness (QED) is 0.786. The van der Waals surface area contributed by atoms with Crippen molar-refractivity contribution in [3.8, 4) is 0 Å². The Morgan fingerprint density at radius 1 is 1.69 bits per heavy atom. The van der Waals surface area contributed by atoms with E-state index in [1.807, 2.05) is 13.0 Å². The molecule has 0 saturated heterocycles. The summed E-state index contributed by atoms with van der Waals surface area (Å²) in [6, 6.07) is 1.95. The molecule has 0 spiro atoms. The van der Waals surface area contributed by atoms with E-state index < -0.39 is 0 Å². The highest BCUT2D eigenvalue weighted by Gasteiger charge is 2.26. The predicted octanol–water partition coefficient (Wildman–Crippen LogP) is 1.65. The molecule has 0 saturated carbocycles. The van der Waals surface area contributed by atoms with Gasteiger partial charge in [-0.25, -0.2) is 0 Å². The molecule has 4 nitrogen and oxygen atoms in total. The first-order chi connectivity index (χ1) is 7.70. The van der Waals surface area contributed by atoms with E-state index in [0.717, 1.165) is 18.5 Å². The van der Waals surface area contributed by atoms with Crippen LogP contribution in [0.1, 0.15) is 36.9 Å². The first-order valence-electron chi connectivity index (χ1n) is 5.60. The molecule has 16 heavy (non-hydrogen) atoms. The summed E-state index contributed by atoms with van der Waals surface area (Å²) in [5, 5.41) is 0. The number of aromatic nitrogens is 1. The Bertz CT molecular complexity index is 404. The molecule has 2 rings (SSSR count). The van der Waals surface area contributed by atoms with Gasteiger partial charge in [-0.05, 0) is 31.4 Å². The van der Waals surface area contributed by atoms with E-state index in [1.54, 1.807) is 6.20 Å². The van der Waals surface area contributed by atoms with Crippen LogP contribution in [0.5, 0.6) is 0 Å². The largest absolute Gasteiger partial charge is 0.466 e. The monoisotopic (exact) mass is 220 g/mol. The van der Waals surface area contributed by atoms with Gasteiger partial charge >= 0.3 is 5.97 Å². The van der Waals surface area contributed by atoms with Gasteiger partial charge in [-0.1, -0.05) is 0 Å². The molecule has 0 bridgehead atoms. The van der Waals surface area contributed by atoms with Gasteiger partial charge in [0, 0.05) is 11.6 Å². The van der Waals surface area contributed by atoms with Crippen molar-refractivity contribution in [1.82, 2.24) is 4.98 Å². The summed E-state index contributed by atoms with van der Waals surface area (Å²) in [4.78, 5) is 15.7. The number of nitrogen functional groups attached to an aromatic ring is 1. The minimum atomic E-state index is -0.140. The molecular weight excluding hydrogens is 204 g/mol. The predicted molar refractivity (Wildman–Crippen MR) is 61.0 cm³/mol. The number of ether oxygens (including phenoxy) is 1. The minimum absolute atomic E-state index is 0.140. The molecule has 2 N–H and O–H groups in total. The molecule has 1 aromatic heterocycles. The Morgan fingerprint density at radius 3 is 3.25 bits per heavy atom. The fourth-order valence-corrected chi connectivity index (χ4v) is 2.19. The van der Waals surface area contributed by atoms with Crippen LogP contribution in [0.25, 0.3) is 0 Å². The van der Waals surface area contributed by atoms with E-state index in [-0.39, 0.29) is 11.9 Å². The maximum Gasteiger partial charge on any atom is 0.306 e. The zero-order valence-electron chi connectivity index (χ0n) is 9.40. The summed E-state index contributed by atoms with van der Waals surface area (Å²) in [6.07, 6.45) is 4.00. The van der Waals surface area contributed by atoms with Crippen LogP contribution >= 0.6 is 0 Å². The number of fused-ring (bicyclic) bond motifs is 1. The number of anilines is 1. The SMILES string of the molecule is CCOC(=O)C[C@@H]1CCc2cc(N)cnc21. The molecule has 1 heterocycles. The highest BCUT2D eigenvalue weighted by molar-refractivity contribution is 5.70. The molecule has 0 radical (unpaired) electrons. The van der Waals surface area contributed by atoms with E-state index in [1.165, 1.54) is 5.56 Å². The Labute approximate surface area is 94.8 Å². The third-order valence-electron chi connectivity index (χ3n) is 2.89. The smallest absolute Gasteiger partial charge is 0.306 e. The second-order valence-corrected chi connectivity index (χ2v) is 4.06. The lowest BCUT2D eigenvalue weighted by Gasteiger charge is -2.09. The number of esters is 1. The molecule has 86 valence electrons. The molecule has 0 fully saturated rings. The molecule has 1 aliphatic carbocycles. The van der Waals surface area contributed by atoms with E-state index in [0.29, 0.717) is 18.7 Å². The third kappa shape index (κ3) is 2.15. The molecule has 1 aliphatic rings. The van der Waals surface area contributed by atoms with Gasteiger partial charge in [0.25, 0.3) is 0 Å². The average molecular weight is 220 g/mol. The molecule has 4 heteroatoms. The zero-order valence-corrected chi connectivity index (χ0v) is 9.40. The van der Waals surface area contributed by atoms with Gasteiger partial charge in [0.05, 0.1) is 24.9 Å². The van der Waals surface area contributed by atoms with Crippen LogP contribution in [0.3, 0.4) is 0 Å². The number of aryl methyl sites for hydroxylation is 1. The Hall–Kier alpha value is -1.58. The Morgan fingerprint density at radius 2 is 2.50 bits per heavy atom. The second-order valence-electron chi connectivity index (χ2n) is 4.06. The van der Waals surface area contributed by atoms with Crippen molar-refractivity contribution in [1.29, 1.82) is 0 Å². The molecule has 0 amide bonds. The summed E-state index contributed by atoms with van der Waals surface area (Å²) in [6.45, 7) is 2.26. The molecule has 0 unspecified atom stereocenters. The molecule has 1 atom stereocenters. The topological polar surface area (TPSA) is 65.2 Å². The van der Waals surface area contributed by atoms with Crippen LogP contribution in [-0.4, -0.2) is 17.6 Å². The van der Waals surface area contributed by atoms with Gasteiger partial charge < -0.3 is 10.5 Å². The van der Waals surface area contributed by atoms with Crippen molar-refractivity contribution >= 4 is 11.7 Å². The van der Waals surface area contributed by atoms with E-state index in [4.69, 9.17) is 10.5 Å². The van der Waals surface area contributed by atoms with E-state index in [9.17, 15) is 4.79 Å². The highest BCUT2D eigenvalue weighted by Crippen LogP contribution is 2.34. The number of pyridine rings is 1. The van der Waals surface area contributed by atoms with Crippen LogP contribution in [-0.2, 0) is 16.0 Å². The van der Waals surface area contributed by atoms with Crippen LogP contribution in [0.2, 0.25) is 0 Å². The van der Waals surface area contributed by atoms with Crippen LogP contribution in [0.15, 0.2) is 12.3 Å². The molecule has 1 aromatic rings. The second kappa shape index (κ2) is 4.51. The third-order valence-corrected chi connectivity index (χ3v) is 2.89. The Kier molecular flexibility index (Phi) is 3.08. The number of hydrogen-bond acceptors (Lipinski definition) is 4. The lowest BCUT2D eigenvalue weighted by atomic mass is 10.0. The minimum Gasteiger partial charge on any atom is -0.466 e. The standard InChI is InChI=1S/C12H16N2O2/c1-2-16-11(15)6-9-4-3-8-5-10(13)7-14-12(8)9/h5,7,9H,2-4,6,13H2,1H3/t9-/m0/s1. The first-order valence-corrected chi connectivity index (χ1v) is 5.60. The number of hydrogen-bond donors (Lipinski definition) is 1. The maximum absolute atomic E-state index is 11.4. The fraction of sp³-hybridized carbons (Fsp3) is 0.500. The number of rotatable bonds is 3.